The first-order valence-electron chi connectivity index (χ1n) is 6.71. The predicted octanol–water partition coefficient (Wildman–Crippen LogP) is 3.81. The highest BCUT2D eigenvalue weighted by Gasteiger charge is 2.10. The van der Waals surface area contributed by atoms with Gasteiger partial charge >= 0.3 is 0 Å². The number of rotatable bonds is 5. The molecule has 116 valence electrons. The van der Waals surface area contributed by atoms with Crippen molar-refractivity contribution in [2.75, 3.05) is 17.7 Å². The number of nitrogens with zero attached hydrogens (tertiary/aromatic N) is 1. The predicted molar refractivity (Wildman–Crippen MR) is 90.4 cm³/mol. The van der Waals surface area contributed by atoms with Gasteiger partial charge in [0.25, 0.3) is 5.91 Å². The van der Waals surface area contributed by atoms with Crippen LogP contribution < -0.4 is 15.4 Å². The molecule has 6 heteroatoms. The van der Waals surface area contributed by atoms with Gasteiger partial charge in [-0.3, -0.25) is 4.79 Å². The van der Waals surface area contributed by atoms with Gasteiger partial charge in [0.1, 0.15) is 17.4 Å². The average Bonchev–Trinajstić information content (AvgIpc) is 2.58. The van der Waals surface area contributed by atoms with Crippen LogP contribution in [0.5, 0.6) is 5.75 Å². The van der Waals surface area contributed by atoms with Gasteiger partial charge in [-0.15, -0.1) is 0 Å². The highest BCUT2D eigenvalue weighted by atomic mass is 35.5. The first-order chi connectivity index (χ1) is 11.1. The van der Waals surface area contributed by atoms with Crippen LogP contribution in [-0.4, -0.2) is 13.0 Å². The second-order valence-electron chi connectivity index (χ2n) is 4.48. The Morgan fingerprint density at radius 1 is 1.22 bits per heavy atom. The normalized spacial score (nSPS) is 10.6. The van der Waals surface area contributed by atoms with Crippen molar-refractivity contribution in [1.82, 2.24) is 0 Å². The highest BCUT2D eigenvalue weighted by Crippen LogP contribution is 2.21. The third-order valence-corrected chi connectivity index (χ3v) is 3.29. The van der Waals surface area contributed by atoms with E-state index in [4.69, 9.17) is 21.6 Å². The molecule has 0 saturated carbocycles. The minimum atomic E-state index is -0.540. The van der Waals surface area contributed by atoms with E-state index in [1.165, 1.54) is 6.20 Å². The van der Waals surface area contributed by atoms with Gasteiger partial charge in [0.15, 0.2) is 0 Å². The number of halogens is 1. The number of nitriles is 1. The first kappa shape index (κ1) is 16.4. The van der Waals surface area contributed by atoms with Crippen molar-refractivity contribution < 1.29 is 9.53 Å². The van der Waals surface area contributed by atoms with E-state index in [2.05, 4.69) is 10.6 Å². The summed E-state index contributed by atoms with van der Waals surface area (Å²) in [6.07, 6.45) is 1.34. The van der Waals surface area contributed by atoms with Crippen molar-refractivity contribution in [2.45, 2.75) is 0 Å². The number of anilines is 2. The highest BCUT2D eigenvalue weighted by molar-refractivity contribution is 6.33. The molecular weight excluding hydrogens is 314 g/mol. The first-order valence-corrected chi connectivity index (χ1v) is 7.08. The van der Waals surface area contributed by atoms with Gasteiger partial charge in [-0.25, -0.2) is 0 Å². The van der Waals surface area contributed by atoms with Crippen LogP contribution in [0.1, 0.15) is 0 Å². The van der Waals surface area contributed by atoms with Crippen LogP contribution in [0.2, 0.25) is 5.02 Å². The monoisotopic (exact) mass is 327 g/mol. The third kappa shape index (κ3) is 4.50. The van der Waals surface area contributed by atoms with Gasteiger partial charge in [-0.05, 0) is 36.4 Å². The Kier molecular flexibility index (Phi) is 5.61. The largest absolute Gasteiger partial charge is 0.497 e. The maximum absolute atomic E-state index is 12.1. The van der Waals surface area contributed by atoms with Crippen LogP contribution in [0.3, 0.4) is 0 Å². The smallest absolute Gasteiger partial charge is 0.267 e. The van der Waals surface area contributed by atoms with Crippen LogP contribution in [-0.2, 0) is 4.79 Å². The SMILES string of the molecule is COc1ccc(N/C=C(/C#N)C(=O)Nc2ccccc2Cl)cc1. The van der Waals surface area contributed by atoms with E-state index in [-0.39, 0.29) is 5.57 Å². The lowest BCUT2D eigenvalue weighted by molar-refractivity contribution is -0.112. The summed E-state index contributed by atoms with van der Waals surface area (Å²) in [7, 11) is 1.58. The summed E-state index contributed by atoms with van der Waals surface area (Å²) in [4.78, 5) is 12.1. The summed E-state index contributed by atoms with van der Waals surface area (Å²) in [6, 6.07) is 15.8. The number of carbonyl (C=O) groups is 1. The van der Waals surface area contributed by atoms with E-state index in [0.717, 1.165) is 11.4 Å². The van der Waals surface area contributed by atoms with Gasteiger partial charge < -0.3 is 15.4 Å². The van der Waals surface area contributed by atoms with Crippen molar-refractivity contribution in [1.29, 1.82) is 5.26 Å². The van der Waals surface area contributed by atoms with Crippen LogP contribution >= 0.6 is 11.6 Å². The molecule has 23 heavy (non-hydrogen) atoms. The maximum atomic E-state index is 12.1. The fraction of sp³-hybridized carbons (Fsp3) is 0.0588. The fourth-order valence-electron chi connectivity index (χ4n) is 1.74. The number of benzene rings is 2. The van der Waals surface area contributed by atoms with Crippen molar-refractivity contribution >= 4 is 28.9 Å². The van der Waals surface area contributed by atoms with Crippen molar-refractivity contribution in [3.63, 3.8) is 0 Å². The molecular formula is C17H14ClN3O2. The fourth-order valence-corrected chi connectivity index (χ4v) is 1.93. The van der Waals surface area contributed by atoms with Crippen molar-refractivity contribution in [3.8, 4) is 11.8 Å². The molecule has 5 nitrogen and oxygen atoms in total. The summed E-state index contributed by atoms with van der Waals surface area (Å²) >= 11 is 5.97. The number of nitrogens with one attached hydrogen (secondary N) is 2. The zero-order valence-electron chi connectivity index (χ0n) is 12.3. The molecule has 0 saturated heterocycles. The zero-order valence-corrected chi connectivity index (χ0v) is 13.1. The Morgan fingerprint density at radius 2 is 1.91 bits per heavy atom. The second kappa shape index (κ2) is 7.87. The minimum Gasteiger partial charge on any atom is -0.497 e. The number of amides is 1. The Hall–Kier alpha value is -2.97. The summed E-state index contributed by atoms with van der Waals surface area (Å²) in [5.74, 6) is 0.179. The molecule has 0 radical (unpaired) electrons. The molecule has 0 unspecified atom stereocenters. The van der Waals surface area contributed by atoms with E-state index in [1.807, 2.05) is 6.07 Å². The van der Waals surface area contributed by atoms with Crippen LogP contribution in [0, 0.1) is 11.3 Å². The molecule has 0 heterocycles. The van der Waals surface area contributed by atoms with Crippen LogP contribution in [0.15, 0.2) is 60.3 Å². The third-order valence-electron chi connectivity index (χ3n) is 2.96. The molecule has 0 fully saturated rings. The molecule has 0 aliphatic heterocycles. The summed E-state index contributed by atoms with van der Waals surface area (Å²) < 4.78 is 5.06. The molecule has 0 aliphatic rings. The van der Waals surface area contributed by atoms with E-state index < -0.39 is 5.91 Å². The van der Waals surface area contributed by atoms with E-state index in [0.29, 0.717) is 10.7 Å². The standard InChI is InChI=1S/C17H14ClN3O2/c1-23-14-8-6-13(7-9-14)20-11-12(10-19)17(22)21-16-5-3-2-4-15(16)18/h2-9,11,20H,1H3,(H,21,22)/b12-11-. The molecule has 0 aliphatic carbocycles. The lowest BCUT2D eigenvalue weighted by atomic mass is 10.2. The number of carbonyl (C=O) groups excluding carboxylic acids is 1. The van der Waals surface area contributed by atoms with Crippen LogP contribution in [0.4, 0.5) is 11.4 Å². The minimum absolute atomic E-state index is 0.0688. The summed E-state index contributed by atoms with van der Waals surface area (Å²) in [6.45, 7) is 0. The number of hydrogen-bond donors (Lipinski definition) is 2. The van der Waals surface area contributed by atoms with E-state index >= 15 is 0 Å². The average molecular weight is 328 g/mol. The number of hydrogen-bond acceptors (Lipinski definition) is 4. The molecule has 0 aromatic heterocycles. The number of ether oxygens (including phenoxy) is 1. The second-order valence-corrected chi connectivity index (χ2v) is 4.88. The molecule has 2 aromatic carbocycles. The van der Waals surface area contributed by atoms with Gasteiger partial charge in [-0.2, -0.15) is 5.26 Å². The van der Waals surface area contributed by atoms with Gasteiger partial charge in [0.2, 0.25) is 0 Å². The Morgan fingerprint density at radius 3 is 2.52 bits per heavy atom. The van der Waals surface area contributed by atoms with Crippen molar-refractivity contribution in [2.24, 2.45) is 0 Å². The lowest BCUT2D eigenvalue weighted by Gasteiger charge is -2.07. The number of methoxy groups -OCH3 is 1. The van der Waals surface area contributed by atoms with Gasteiger partial charge in [0.05, 0.1) is 17.8 Å². The molecule has 2 aromatic rings. The number of para-hydroxylation sites is 1. The molecule has 0 spiro atoms. The van der Waals surface area contributed by atoms with Gasteiger partial charge in [-0.1, -0.05) is 23.7 Å². The van der Waals surface area contributed by atoms with Crippen LogP contribution in [0.25, 0.3) is 0 Å². The lowest BCUT2D eigenvalue weighted by Crippen LogP contribution is -2.14. The molecule has 2 N–H and O–H groups in total. The van der Waals surface area contributed by atoms with Gasteiger partial charge in [0, 0.05) is 11.9 Å². The Labute approximate surface area is 139 Å². The van der Waals surface area contributed by atoms with E-state index in [1.54, 1.807) is 55.6 Å². The maximum Gasteiger partial charge on any atom is 0.267 e. The zero-order chi connectivity index (χ0) is 16.7. The van der Waals surface area contributed by atoms with Crippen molar-refractivity contribution in [3.05, 3.63) is 65.3 Å². The Bertz CT molecular complexity index is 764. The Balaban J connectivity index is 2.07. The summed E-state index contributed by atoms with van der Waals surface area (Å²) in [5, 5.41) is 15.0. The quantitative estimate of drug-likeness (QED) is 0.647. The molecule has 1 amide bonds. The topological polar surface area (TPSA) is 74.1 Å². The molecule has 0 bridgehead atoms. The molecule has 2 rings (SSSR count). The van der Waals surface area contributed by atoms with E-state index in [9.17, 15) is 4.79 Å². The summed E-state index contributed by atoms with van der Waals surface area (Å²) in [5.41, 5.74) is 1.11. The molecule has 0 atom stereocenters.